The van der Waals surface area contributed by atoms with Gasteiger partial charge in [-0.1, -0.05) is 0 Å². The van der Waals surface area contributed by atoms with E-state index in [0.717, 1.165) is 12.1 Å². The van der Waals surface area contributed by atoms with Crippen molar-refractivity contribution in [2.75, 3.05) is 12.4 Å². The van der Waals surface area contributed by atoms with Crippen LogP contribution in [0.2, 0.25) is 0 Å². The van der Waals surface area contributed by atoms with Gasteiger partial charge in [-0.25, -0.2) is 14.4 Å². The van der Waals surface area contributed by atoms with E-state index in [1.165, 1.54) is 43.8 Å². The van der Waals surface area contributed by atoms with Crippen LogP contribution in [0.5, 0.6) is 5.75 Å². The molecule has 0 unspecified atom stereocenters. The second-order valence-corrected chi connectivity index (χ2v) is 5.17. The molecule has 9 heteroatoms. The van der Waals surface area contributed by atoms with Gasteiger partial charge in [0.15, 0.2) is 23.1 Å². The average molecular weight is 364 g/mol. The summed E-state index contributed by atoms with van der Waals surface area (Å²) in [4.78, 5) is 11.5. The van der Waals surface area contributed by atoms with E-state index in [0.29, 0.717) is 11.3 Å². The maximum Gasteiger partial charge on any atom is 0.433 e. The molecule has 0 aliphatic carbocycles. The number of ether oxygens (including phenoxy) is 1. The fraction of sp³-hybridized carbons (Fsp3) is 0.118. The van der Waals surface area contributed by atoms with Crippen LogP contribution in [-0.4, -0.2) is 22.1 Å². The van der Waals surface area contributed by atoms with Crippen LogP contribution in [0.1, 0.15) is 5.69 Å². The molecular formula is C17H12F4N4O. The van der Waals surface area contributed by atoms with Gasteiger partial charge in [0, 0.05) is 35.8 Å². The highest BCUT2D eigenvalue weighted by atomic mass is 19.4. The Bertz CT molecular complexity index is 916. The number of methoxy groups -OCH3 is 1. The van der Waals surface area contributed by atoms with Gasteiger partial charge < -0.3 is 10.1 Å². The number of halogens is 4. The van der Waals surface area contributed by atoms with Gasteiger partial charge in [0.2, 0.25) is 0 Å². The van der Waals surface area contributed by atoms with Crippen molar-refractivity contribution in [1.29, 1.82) is 0 Å². The number of hydrogen-bond acceptors (Lipinski definition) is 5. The molecule has 2 heterocycles. The molecule has 5 nitrogen and oxygen atoms in total. The number of rotatable bonds is 4. The normalized spacial score (nSPS) is 11.3. The lowest BCUT2D eigenvalue weighted by molar-refractivity contribution is -0.141. The van der Waals surface area contributed by atoms with Gasteiger partial charge in [-0.05, 0) is 24.3 Å². The van der Waals surface area contributed by atoms with Crippen LogP contribution in [0.3, 0.4) is 0 Å². The predicted molar refractivity (Wildman–Crippen MR) is 86.5 cm³/mol. The third-order valence-electron chi connectivity index (χ3n) is 3.38. The van der Waals surface area contributed by atoms with Gasteiger partial charge in [-0.3, -0.25) is 4.98 Å². The fourth-order valence-electron chi connectivity index (χ4n) is 2.17. The van der Waals surface area contributed by atoms with Crippen LogP contribution in [0.15, 0.2) is 48.8 Å². The number of aromatic nitrogens is 3. The number of anilines is 2. The first kappa shape index (κ1) is 17.6. The van der Waals surface area contributed by atoms with Crippen LogP contribution in [0.4, 0.5) is 29.1 Å². The standard InChI is InChI=1S/C17H12F4N4O/c1-26-13-8-11(2-3-12(13)18)23-15-9-14(17(19,20)21)24-16(25-15)10-4-6-22-7-5-10/h2-9H,1H3,(H,23,24,25). The quantitative estimate of drug-likeness (QED) is 0.693. The summed E-state index contributed by atoms with van der Waals surface area (Å²) in [6, 6.07) is 7.59. The minimum Gasteiger partial charge on any atom is -0.494 e. The number of pyridine rings is 1. The van der Waals surface area contributed by atoms with E-state index >= 15 is 0 Å². The van der Waals surface area contributed by atoms with E-state index in [1.54, 1.807) is 0 Å². The Kier molecular flexibility index (Phi) is 4.70. The highest BCUT2D eigenvalue weighted by molar-refractivity contribution is 5.62. The Morgan fingerprint density at radius 1 is 1.00 bits per heavy atom. The van der Waals surface area contributed by atoms with Crippen molar-refractivity contribution < 1.29 is 22.3 Å². The van der Waals surface area contributed by atoms with Crippen LogP contribution >= 0.6 is 0 Å². The van der Waals surface area contributed by atoms with Gasteiger partial charge in [-0.15, -0.1) is 0 Å². The van der Waals surface area contributed by atoms with E-state index in [2.05, 4.69) is 20.3 Å². The predicted octanol–water partition coefficient (Wildman–Crippen LogP) is 4.45. The Morgan fingerprint density at radius 2 is 1.73 bits per heavy atom. The molecule has 1 aromatic carbocycles. The first-order valence-corrected chi connectivity index (χ1v) is 7.34. The Labute approximate surface area is 145 Å². The van der Waals surface area contributed by atoms with Crippen molar-refractivity contribution in [2.45, 2.75) is 6.18 Å². The molecule has 0 radical (unpaired) electrons. The molecular weight excluding hydrogens is 352 g/mol. The second kappa shape index (κ2) is 6.95. The lowest BCUT2D eigenvalue weighted by Gasteiger charge is -2.12. The van der Waals surface area contributed by atoms with E-state index in [-0.39, 0.29) is 17.4 Å². The molecule has 26 heavy (non-hydrogen) atoms. The summed E-state index contributed by atoms with van der Waals surface area (Å²) < 4.78 is 57.9. The van der Waals surface area contributed by atoms with E-state index in [9.17, 15) is 17.6 Å². The number of nitrogens with one attached hydrogen (secondary N) is 1. The van der Waals surface area contributed by atoms with Crippen LogP contribution in [0.25, 0.3) is 11.4 Å². The van der Waals surface area contributed by atoms with Crippen molar-refractivity contribution in [3.8, 4) is 17.1 Å². The third kappa shape index (κ3) is 3.88. The minimum absolute atomic E-state index is 0.0468. The maximum absolute atomic E-state index is 13.5. The van der Waals surface area contributed by atoms with Crippen molar-refractivity contribution >= 4 is 11.5 Å². The van der Waals surface area contributed by atoms with Gasteiger partial charge in [0.1, 0.15) is 5.82 Å². The van der Waals surface area contributed by atoms with E-state index in [1.807, 2.05) is 0 Å². The monoisotopic (exact) mass is 364 g/mol. The zero-order valence-electron chi connectivity index (χ0n) is 13.4. The molecule has 0 saturated heterocycles. The summed E-state index contributed by atoms with van der Waals surface area (Å²) in [7, 11) is 1.29. The molecule has 0 atom stereocenters. The Morgan fingerprint density at radius 3 is 2.38 bits per heavy atom. The lowest BCUT2D eigenvalue weighted by atomic mass is 10.2. The third-order valence-corrected chi connectivity index (χ3v) is 3.38. The zero-order valence-corrected chi connectivity index (χ0v) is 13.4. The molecule has 0 bridgehead atoms. The first-order chi connectivity index (χ1) is 12.4. The molecule has 134 valence electrons. The molecule has 0 fully saturated rings. The summed E-state index contributed by atoms with van der Waals surface area (Å²) in [6.07, 6.45) is -1.80. The molecule has 0 amide bonds. The van der Waals surface area contributed by atoms with Crippen LogP contribution in [0, 0.1) is 5.82 Å². The summed E-state index contributed by atoms with van der Waals surface area (Å²) in [5.41, 5.74) is -0.405. The highest BCUT2D eigenvalue weighted by Gasteiger charge is 2.34. The largest absolute Gasteiger partial charge is 0.494 e. The average Bonchev–Trinajstić information content (AvgIpc) is 2.63. The van der Waals surface area contributed by atoms with Gasteiger partial charge >= 0.3 is 6.18 Å². The molecule has 3 rings (SSSR count). The summed E-state index contributed by atoms with van der Waals surface area (Å²) in [5, 5.41) is 2.72. The van der Waals surface area contributed by atoms with Crippen LogP contribution < -0.4 is 10.1 Å². The summed E-state index contributed by atoms with van der Waals surface area (Å²) >= 11 is 0. The minimum atomic E-state index is -4.65. The molecule has 2 aromatic heterocycles. The Hall–Kier alpha value is -3.23. The summed E-state index contributed by atoms with van der Waals surface area (Å²) in [6.45, 7) is 0. The van der Waals surface area contributed by atoms with Crippen molar-refractivity contribution in [1.82, 2.24) is 15.0 Å². The molecule has 0 saturated carbocycles. The van der Waals surface area contributed by atoms with E-state index in [4.69, 9.17) is 4.74 Å². The number of benzene rings is 1. The molecule has 1 N–H and O–H groups in total. The highest BCUT2D eigenvalue weighted by Crippen LogP contribution is 2.32. The fourth-order valence-corrected chi connectivity index (χ4v) is 2.17. The maximum atomic E-state index is 13.5. The van der Waals surface area contributed by atoms with E-state index < -0.39 is 17.7 Å². The number of nitrogens with zero attached hydrogens (tertiary/aromatic N) is 3. The zero-order chi connectivity index (χ0) is 18.7. The molecule has 0 aliphatic heterocycles. The first-order valence-electron chi connectivity index (χ1n) is 7.34. The molecule has 0 spiro atoms. The van der Waals surface area contributed by atoms with Gasteiger partial charge in [0.05, 0.1) is 7.11 Å². The van der Waals surface area contributed by atoms with Crippen molar-refractivity contribution in [3.63, 3.8) is 0 Å². The SMILES string of the molecule is COc1cc(Nc2cc(C(F)(F)F)nc(-c3ccncc3)n2)ccc1F. The van der Waals surface area contributed by atoms with Crippen molar-refractivity contribution in [2.24, 2.45) is 0 Å². The summed E-state index contributed by atoms with van der Waals surface area (Å²) in [5.74, 6) is -0.838. The number of hydrogen-bond donors (Lipinski definition) is 1. The number of alkyl halides is 3. The topological polar surface area (TPSA) is 59.9 Å². The smallest absolute Gasteiger partial charge is 0.433 e. The lowest BCUT2D eigenvalue weighted by Crippen LogP contribution is -2.11. The van der Waals surface area contributed by atoms with Gasteiger partial charge in [0.25, 0.3) is 0 Å². The van der Waals surface area contributed by atoms with Gasteiger partial charge in [-0.2, -0.15) is 13.2 Å². The van der Waals surface area contributed by atoms with Crippen LogP contribution in [-0.2, 0) is 6.18 Å². The second-order valence-electron chi connectivity index (χ2n) is 5.17. The van der Waals surface area contributed by atoms with Crippen molar-refractivity contribution in [3.05, 3.63) is 60.3 Å². The molecule has 3 aromatic rings. The molecule has 0 aliphatic rings. The Balaban J connectivity index is 2.03.